The Hall–Kier alpha value is -3.45. The van der Waals surface area contributed by atoms with Crippen molar-refractivity contribution < 1.29 is 14.7 Å². The van der Waals surface area contributed by atoms with Crippen molar-refractivity contribution in [3.05, 3.63) is 89.0 Å². The van der Waals surface area contributed by atoms with Crippen LogP contribution < -0.4 is 5.73 Å². The minimum atomic E-state index is -0.803. The Kier molecular flexibility index (Phi) is 5.50. The summed E-state index contributed by atoms with van der Waals surface area (Å²) < 4.78 is 2.00. The maximum absolute atomic E-state index is 12.1. The summed E-state index contributed by atoms with van der Waals surface area (Å²) in [6, 6.07) is 17.9. The second-order valence-electron chi connectivity index (χ2n) is 9.07. The zero-order chi connectivity index (χ0) is 23.0. The Balaban J connectivity index is 1.46. The van der Waals surface area contributed by atoms with Gasteiger partial charge < -0.3 is 20.3 Å². The zero-order valence-electron chi connectivity index (χ0n) is 18.5. The second kappa shape index (κ2) is 8.48. The number of piperidine rings is 1. The van der Waals surface area contributed by atoms with Gasteiger partial charge in [0.15, 0.2) is 0 Å². The van der Waals surface area contributed by atoms with Gasteiger partial charge in [-0.05, 0) is 49.0 Å². The lowest BCUT2D eigenvalue weighted by Gasteiger charge is -2.42. The van der Waals surface area contributed by atoms with E-state index in [1.807, 2.05) is 34.9 Å². The van der Waals surface area contributed by atoms with Gasteiger partial charge in [-0.1, -0.05) is 54.6 Å². The first-order chi connectivity index (χ1) is 16.0. The molecule has 0 bridgehead atoms. The molecule has 3 N–H and O–H groups in total. The van der Waals surface area contributed by atoms with Gasteiger partial charge in [0.25, 0.3) is 5.91 Å². The summed E-state index contributed by atoms with van der Waals surface area (Å²) in [5.41, 5.74) is 9.16. The van der Waals surface area contributed by atoms with Crippen LogP contribution in [0.5, 0.6) is 0 Å². The van der Waals surface area contributed by atoms with Crippen molar-refractivity contribution in [3.8, 4) is 0 Å². The van der Waals surface area contributed by atoms with Gasteiger partial charge in [-0.2, -0.15) is 0 Å². The Morgan fingerprint density at radius 2 is 1.73 bits per heavy atom. The van der Waals surface area contributed by atoms with Crippen LogP contribution in [-0.4, -0.2) is 51.1 Å². The van der Waals surface area contributed by atoms with Crippen LogP contribution in [0.1, 0.15) is 51.8 Å². The van der Waals surface area contributed by atoms with E-state index in [0.717, 1.165) is 43.7 Å². The number of aryl methyl sites for hydroxylation is 1. The minimum absolute atomic E-state index is 0.317. The van der Waals surface area contributed by atoms with E-state index in [2.05, 4.69) is 29.2 Å². The number of fused-ring (bicyclic) bond motifs is 4. The molecule has 33 heavy (non-hydrogen) atoms. The molecule has 1 saturated heterocycles. The number of nitrogens with zero attached hydrogens (tertiary/aromatic N) is 3. The van der Waals surface area contributed by atoms with Gasteiger partial charge in [-0.15, -0.1) is 0 Å². The van der Waals surface area contributed by atoms with Crippen molar-refractivity contribution in [2.24, 2.45) is 5.73 Å². The number of imidazole rings is 1. The maximum atomic E-state index is 12.1. The van der Waals surface area contributed by atoms with Crippen LogP contribution in [-0.2, 0) is 23.2 Å². The number of benzene rings is 2. The topological polar surface area (TPSA) is 101 Å². The minimum Gasteiger partial charge on any atom is -0.481 e. The number of hydrogen-bond donors (Lipinski definition) is 2. The van der Waals surface area contributed by atoms with Crippen molar-refractivity contribution in [2.75, 3.05) is 19.6 Å². The highest BCUT2D eigenvalue weighted by Crippen LogP contribution is 2.44. The fourth-order valence-corrected chi connectivity index (χ4v) is 5.62. The van der Waals surface area contributed by atoms with Crippen molar-refractivity contribution in [1.82, 2.24) is 14.5 Å². The SMILES string of the molecule is NC(=O)c1cnc2n1CCc1ccccc1C21CCN(CC(C(=O)O)c2ccccc2)CC1. The summed E-state index contributed by atoms with van der Waals surface area (Å²) in [5.74, 6) is -0.925. The first-order valence-electron chi connectivity index (χ1n) is 11.4. The highest BCUT2D eigenvalue weighted by molar-refractivity contribution is 5.91. The number of likely N-dealkylation sites (tertiary alicyclic amines) is 1. The predicted molar refractivity (Wildman–Crippen MR) is 124 cm³/mol. The summed E-state index contributed by atoms with van der Waals surface area (Å²) in [5, 5.41) is 9.87. The van der Waals surface area contributed by atoms with E-state index in [1.165, 1.54) is 11.1 Å². The van der Waals surface area contributed by atoms with Gasteiger partial charge in [-0.25, -0.2) is 4.98 Å². The molecule has 1 fully saturated rings. The third-order valence-electron chi connectivity index (χ3n) is 7.32. The molecule has 170 valence electrons. The molecule has 1 unspecified atom stereocenters. The van der Waals surface area contributed by atoms with Crippen LogP contribution in [0, 0.1) is 0 Å². The standard InChI is InChI=1S/C26H28N4O3/c27-23(31)22-16-28-25-26(21-9-5-4-8-19(21)10-13-30(22)25)11-14-29(15-12-26)17-20(24(32)33)18-6-2-1-3-7-18/h1-9,16,20H,10-15,17H2,(H2,27,31)(H,32,33). The number of rotatable bonds is 5. The molecule has 1 amide bonds. The van der Waals surface area contributed by atoms with Gasteiger partial charge in [0.1, 0.15) is 11.5 Å². The third kappa shape index (κ3) is 3.72. The van der Waals surface area contributed by atoms with Gasteiger partial charge in [0.2, 0.25) is 0 Å². The smallest absolute Gasteiger partial charge is 0.312 e. The number of nitrogens with two attached hydrogens (primary N) is 1. The van der Waals surface area contributed by atoms with Gasteiger partial charge in [0.05, 0.1) is 17.5 Å². The van der Waals surface area contributed by atoms with Gasteiger partial charge in [-0.3, -0.25) is 9.59 Å². The number of carboxylic acid groups (broad SMARTS) is 1. The highest BCUT2D eigenvalue weighted by Gasteiger charge is 2.44. The fourth-order valence-electron chi connectivity index (χ4n) is 5.62. The van der Waals surface area contributed by atoms with E-state index in [0.29, 0.717) is 18.8 Å². The largest absolute Gasteiger partial charge is 0.481 e. The number of amides is 1. The average molecular weight is 445 g/mol. The van der Waals surface area contributed by atoms with Crippen LogP contribution in [0.2, 0.25) is 0 Å². The molecule has 7 nitrogen and oxygen atoms in total. The summed E-state index contributed by atoms with van der Waals surface area (Å²) in [6.07, 6.45) is 4.04. The third-order valence-corrected chi connectivity index (χ3v) is 7.32. The van der Waals surface area contributed by atoms with Crippen molar-refractivity contribution in [3.63, 3.8) is 0 Å². The molecule has 2 aliphatic heterocycles. The first-order valence-corrected chi connectivity index (χ1v) is 11.4. The molecule has 0 aliphatic carbocycles. The van der Waals surface area contributed by atoms with Crippen LogP contribution in [0.3, 0.4) is 0 Å². The number of hydrogen-bond acceptors (Lipinski definition) is 4. The monoisotopic (exact) mass is 444 g/mol. The number of aliphatic carboxylic acids is 1. The van der Waals surface area contributed by atoms with Gasteiger partial charge in [0, 0.05) is 13.1 Å². The van der Waals surface area contributed by atoms with E-state index in [4.69, 9.17) is 10.7 Å². The van der Waals surface area contributed by atoms with E-state index < -0.39 is 17.8 Å². The first kappa shape index (κ1) is 21.4. The van der Waals surface area contributed by atoms with Crippen LogP contribution in [0.4, 0.5) is 0 Å². The molecule has 1 spiro atoms. The van der Waals surface area contributed by atoms with Crippen LogP contribution in [0.15, 0.2) is 60.8 Å². The maximum Gasteiger partial charge on any atom is 0.312 e. The zero-order valence-corrected chi connectivity index (χ0v) is 18.5. The molecule has 0 radical (unpaired) electrons. The molecule has 2 aromatic carbocycles. The molecule has 1 atom stereocenters. The van der Waals surface area contributed by atoms with E-state index >= 15 is 0 Å². The highest BCUT2D eigenvalue weighted by atomic mass is 16.4. The molecular formula is C26H28N4O3. The number of carboxylic acids is 1. The summed E-state index contributed by atoms with van der Waals surface area (Å²) in [4.78, 5) is 31.1. The Labute approximate surface area is 192 Å². The number of aromatic nitrogens is 2. The van der Waals surface area contributed by atoms with Crippen LogP contribution in [0.25, 0.3) is 0 Å². The summed E-state index contributed by atoms with van der Waals surface area (Å²) in [7, 11) is 0. The lowest BCUT2D eigenvalue weighted by atomic mass is 9.70. The Morgan fingerprint density at radius 1 is 1.03 bits per heavy atom. The molecule has 7 heteroatoms. The van der Waals surface area contributed by atoms with Crippen molar-refractivity contribution >= 4 is 11.9 Å². The lowest BCUT2D eigenvalue weighted by Crippen LogP contribution is -2.46. The predicted octanol–water partition coefficient (Wildman–Crippen LogP) is 2.79. The number of carbonyl (C=O) groups excluding carboxylic acids is 1. The Bertz CT molecular complexity index is 1180. The molecule has 1 aromatic heterocycles. The lowest BCUT2D eigenvalue weighted by molar-refractivity contribution is -0.139. The second-order valence-corrected chi connectivity index (χ2v) is 9.07. The summed E-state index contributed by atoms with van der Waals surface area (Å²) >= 11 is 0. The Morgan fingerprint density at radius 3 is 2.42 bits per heavy atom. The molecule has 3 heterocycles. The molecule has 5 rings (SSSR count). The van der Waals surface area contributed by atoms with Crippen molar-refractivity contribution in [2.45, 2.75) is 37.1 Å². The molecule has 0 saturated carbocycles. The average Bonchev–Trinajstić information content (AvgIpc) is 3.22. The molecular weight excluding hydrogens is 416 g/mol. The van der Waals surface area contributed by atoms with Crippen LogP contribution >= 0.6 is 0 Å². The van der Waals surface area contributed by atoms with E-state index in [1.54, 1.807) is 6.20 Å². The molecule has 3 aromatic rings. The number of carbonyl (C=O) groups is 2. The van der Waals surface area contributed by atoms with E-state index in [-0.39, 0.29) is 5.41 Å². The molecule has 2 aliphatic rings. The fraction of sp³-hybridized carbons (Fsp3) is 0.346. The number of primary amides is 1. The summed E-state index contributed by atoms with van der Waals surface area (Å²) in [6.45, 7) is 2.65. The van der Waals surface area contributed by atoms with Crippen molar-refractivity contribution in [1.29, 1.82) is 0 Å². The van der Waals surface area contributed by atoms with Gasteiger partial charge >= 0.3 is 5.97 Å². The normalized spacial score (nSPS) is 18.2. The van der Waals surface area contributed by atoms with E-state index in [9.17, 15) is 14.7 Å². The quantitative estimate of drug-likeness (QED) is 0.630.